The van der Waals surface area contributed by atoms with Crippen LogP contribution in [-0.4, -0.2) is 50.0 Å². The summed E-state index contributed by atoms with van der Waals surface area (Å²) >= 11 is 0. The number of nitrogens with one attached hydrogen (secondary N) is 2. The van der Waals surface area contributed by atoms with Gasteiger partial charge in [-0.15, -0.1) is 0 Å². The molecule has 1 amide bonds. The summed E-state index contributed by atoms with van der Waals surface area (Å²) < 4.78 is 36.7. The number of benzene rings is 1. The fourth-order valence-electron chi connectivity index (χ4n) is 2.07. The second-order valence-corrected chi connectivity index (χ2v) is 7.21. The Kier molecular flexibility index (Phi) is 4.82. The lowest BCUT2D eigenvalue weighted by Gasteiger charge is -2.13. The smallest absolute Gasteiger partial charge is 0.235 e. The number of H-pyrrole nitrogens is 1. The van der Waals surface area contributed by atoms with Gasteiger partial charge in [0, 0.05) is 30.7 Å². The van der Waals surface area contributed by atoms with E-state index in [4.69, 9.17) is 0 Å². The number of carbonyl (C=O) groups excluding carboxylic acids is 1. The van der Waals surface area contributed by atoms with Crippen molar-refractivity contribution >= 4 is 26.8 Å². The maximum Gasteiger partial charge on any atom is 0.235 e. The molecule has 0 aliphatic carbocycles. The van der Waals surface area contributed by atoms with Crippen LogP contribution in [0.5, 0.6) is 0 Å². The molecule has 0 aliphatic rings. The molecule has 1 heterocycles. The van der Waals surface area contributed by atoms with Crippen LogP contribution in [0, 0.1) is 5.82 Å². The van der Waals surface area contributed by atoms with Crippen LogP contribution < -0.4 is 5.32 Å². The third kappa shape index (κ3) is 4.05. The summed E-state index contributed by atoms with van der Waals surface area (Å²) in [6.07, 6.45) is 3.34. The Morgan fingerprint density at radius 2 is 2.14 bits per heavy atom. The van der Waals surface area contributed by atoms with Crippen LogP contribution in [0.25, 0.3) is 10.9 Å². The minimum atomic E-state index is -3.37. The van der Waals surface area contributed by atoms with Crippen LogP contribution in [-0.2, 0) is 21.2 Å². The van der Waals surface area contributed by atoms with Crippen LogP contribution >= 0.6 is 0 Å². The molecular formula is C14H18FN3O3S. The van der Waals surface area contributed by atoms with E-state index in [1.54, 1.807) is 12.3 Å². The van der Waals surface area contributed by atoms with Gasteiger partial charge in [-0.1, -0.05) is 0 Å². The van der Waals surface area contributed by atoms with Crippen molar-refractivity contribution in [1.82, 2.24) is 14.6 Å². The Balaban J connectivity index is 1.90. The van der Waals surface area contributed by atoms with Gasteiger partial charge < -0.3 is 10.3 Å². The van der Waals surface area contributed by atoms with Gasteiger partial charge in [0.25, 0.3) is 0 Å². The minimum Gasteiger partial charge on any atom is -0.361 e. The molecule has 0 bridgehead atoms. The maximum absolute atomic E-state index is 13.3. The van der Waals surface area contributed by atoms with Crippen LogP contribution in [0.1, 0.15) is 5.56 Å². The third-order valence-corrected chi connectivity index (χ3v) is 4.64. The van der Waals surface area contributed by atoms with E-state index >= 15 is 0 Å². The molecule has 0 aliphatic heterocycles. The van der Waals surface area contributed by atoms with E-state index in [0.717, 1.165) is 27.0 Å². The predicted molar refractivity (Wildman–Crippen MR) is 82.4 cm³/mol. The van der Waals surface area contributed by atoms with Crippen LogP contribution in [0.2, 0.25) is 0 Å². The van der Waals surface area contributed by atoms with E-state index in [-0.39, 0.29) is 18.3 Å². The summed E-state index contributed by atoms with van der Waals surface area (Å²) in [6.45, 7) is 0.126. The Morgan fingerprint density at radius 3 is 2.82 bits per heavy atom. The van der Waals surface area contributed by atoms with Crippen LogP contribution in [0.3, 0.4) is 0 Å². The molecule has 0 unspecified atom stereocenters. The number of hydrogen-bond acceptors (Lipinski definition) is 3. The zero-order valence-electron chi connectivity index (χ0n) is 12.4. The Morgan fingerprint density at radius 1 is 1.41 bits per heavy atom. The van der Waals surface area contributed by atoms with Gasteiger partial charge in [0.15, 0.2) is 0 Å². The number of hydrogen-bond donors (Lipinski definition) is 2. The molecule has 2 aromatic rings. The van der Waals surface area contributed by atoms with Gasteiger partial charge in [0.05, 0.1) is 12.8 Å². The summed E-state index contributed by atoms with van der Waals surface area (Å²) in [7, 11) is -2.03. The van der Waals surface area contributed by atoms with Gasteiger partial charge >= 0.3 is 0 Å². The summed E-state index contributed by atoms with van der Waals surface area (Å²) in [4.78, 5) is 14.7. The number of amides is 1. The number of sulfonamides is 1. The van der Waals surface area contributed by atoms with Gasteiger partial charge in [0.2, 0.25) is 15.9 Å². The summed E-state index contributed by atoms with van der Waals surface area (Å²) in [5, 5.41) is 3.43. The number of likely N-dealkylation sites (N-methyl/N-ethyl adjacent to an activating group) is 1. The van der Waals surface area contributed by atoms with Crippen molar-refractivity contribution in [3.63, 3.8) is 0 Å². The molecule has 1 aromatic heterocycles. The SMILES string of the molecule is CN(CC(=O)NCCc1c[nH]c2ccc(F)cc12)S(C)(=O)=O. The molecule has 0 saturated heterocycles. The Hall–Kier alpha value is -1.93. The van der Waals surface area contributed by atoms with Crippen molar-refractivity contribution in [2.45, 2.75) is 6.42 Å². The number of fused-ring (bicyclic) bond motifs is 1. The summed E-state index contributed by atoms with van der Waals surface area (Å²) in [5.74, 6) is -0.689. The predicted octanol–water partition coefficient (Wildman–Crippen LogP) is 0.857. The number of nitrogens with zero attached hydrogens (tertiary/aromatic N) is 1. The van der Waals surface area contributed by atoms with Crippen molar-refractivity contribution < 1.29 is 17.6 Å². The van der Waals surface area contributed by atoms with Crippen molar-refractivity contribution in [1.29, 1.82) is 0 Å². The molecule has 0 radical (unpaired) electrons. The van der Waals surface area contributed by atoms with Crippen molar-refractivity contribution in [3.8, 4) is 0 Å². The van der Waals surface area contributed by atoms with Crippen molar-refractivity contribution in [2.75, 3.05) is 26.4 Å². The van der Waals surface area contributed by atoms with Crippen molar-refractivity contribution in [3.05, 3.63) is 35.8 Å². The van der Waals surface area contributed by atoms with E-state index < -0.39 is 10.0 Å². The number of rotatable bonds is 6. The zero-order chi connectivity index (χ0) is 16.3. The molecule has 22 heavy (non-hydrogen) atoms. The van der Waals surface area contributed by atoms with E-state index in [1.807, 2.05) is 0 Å². The average molecular weight is 327 g/mol. The van der Waals surface area contributed by atoms with Crippen LogP contribution in [0.4, 0.5) is 4.39 Å². The second-order valence-electron chi connectivity index (χ2n) is 5.12. The molecule has 2 N–H and O–H groups in total. The van der Waals surface area contributed by atoms with Gasteiger partial charge in [0.1, 0.15) is 5.82 Å². The standard InChI is InChI=1S/C14H18FN3O3S/c1-18(22(2,20)21)9-14(19)16-6-5-10-8-17-13-4-3-11(15)7-12(10)13/h3-4,7-8,17H,5-6,9H2,1-2H3,(H,16,19). The largest absolute Gasteiger partial charge is 0.361 e. The lowest BCUT2D eigenvalue weighted by atomic mass is 10.1. The molecule has 0 fully saturated rings. The third-order valence-electron chi connectivity index (χ3n) is 3.38. The summed E-state index contributed by atoms with van der Waals surface area (Å²) in [5.41, 5.74) is 1.73. The van der Waals surface area contributed by atoms with E-state index in [2.05, 4.69) is 10.3 Å². The lowest BCUT2D eigenvalue weighted by molar-refractivity contribution is -0.121. The fraction of sp³-hybridized carbons (Fsp3) is 0.357. The Labute approximate surface area is 128 Å². The first kappa shape index (κ1) is 16.4. The topological polar surface area (TPSA) is 82.3 Å². The highest BCUT2D eigenvalue weighted by Crippen LogP contribution is 2.19. The molecule has 6 nitrogen and oxygen atoms in total. The number of aromatic nitrogens is 1. The fourth-order valence-corrected chi connectivity index (χ4v) is 2.42. The van der Waals surface area contributed by atoms with E-state index in [9.17, 15) is 17.6 Å². The van der Waals surface area contributed by atoms with Gasteiger partial charge in [-0.2, -0.15) is 4.31 Å². The molecule has 0 atom stereocenters. The minimum absolute atomic E-state index is 0.221. The normalized spacial score (nSPS) is 12.0. The van der Waals surface area contributed by atoms with Gasteiger partial charge in [-0.25, -0.2) is 12.8 Å². The van der Waals surface area contributed by atoms with E-state index in [0.29, 0.717) is 13.0 Å². The monoisotopic (exact) mass is 327 g/mol. The number of halogens is 1. The maximum atomic E-state index is 13.3. The average Bonchev–Trinajstić information content (AvgIpc) is 2.80. The molecule has 0 spiro atoms. The number of carbonyl (C=O) groups is 1. The van der Waals surface area contributed by atoms with Crippen LogP contribution in [0.15, 0.2) is 24.4 Å². The molecular weight excluding hydrogens is 309 g/mol. The molecule has 1 aromatic carbocycles. The highest BCUT2D eigenvalue weighted by atomic mass is 32.2. The van der Waals surface area contributed by atoms with Gasteiger partial charge in [-0.3, -0.25) is 4.79 Å². The Bertz CT molecular complexity index is 786. The number of aromatic amines is 1. The summed E-state index contributed by atoms with van der Waals surface area (Å²) in [6, 6.07) is 4.49. The first-order valence-electron chi connectivity index (χ1n) is 6.71. The molecule has 2 rings (SSSR count). The van der Waals surface area contributed by atoms with Gasteiger partial charge in [-0.05, 0) is 30.2 Å². The zero-order valence-corrected chi connectivity index (χ0v) is 13.2. The van der Waals surface area contributed by atoms with E-state index in [1.165, 1.54) is 19.2 Å². The quantitative estimate of drug-likeness (QED) is 0.825. The second kappa shape index (κ2) is 6.45. The first-order valence-corrected chi connectivity index (χ1v) is 8.56. The highest BCUT2D eigenvalue weighted by Gasteiger charge is 2.14. The highest BCUT2D eigenvalue weighted by molar-refractivity contribution is 7.88. The molecule has 8 heteroatoms. The molecule has 0 saturated carbocycles. The van der Waals surface area contributed by atoms with Crippen molar-refractivity contribution in [2.24, 2.45) is 0 Å². The first-order chi connectivity index (χ1) is 10.3. The lowest BCUT2D eigenvalue weighted by Crippen LogP contribution is -2.38. The molecule has 120 valence electrons.